The summed E-state index contributed by atoms with van der Waals surface area (Å²) in [6.07, 6.45) is 10.3. The van der Waals surface area contributed by atoms with Gasteiger partial charge in [-0.05, 0) is 12.3 Å². The Hall–Kier alpha value is -2.41. The van der Waals surface area contributed by atoms with Crippen LogP contribution in [-0.4, -0.2) is 43.7 Å². The molecule has 142 valence electrons. The van der Waals surface area contributed by atoms with Crippen LogP contribution in [0.4, 0.5) is 0 Å². The van der Waals surface area contributed by atoms with Gasteiger partial charge in [-0.2, -0.15) is 5.10 Å². The van der Waals surface area contributed by atoms with Gasteiger partial charge in [-0.15, -0.1) is 6.58 Å². The fourth-order valence-corrected chi connectivity index (χ4v) is 2.83. The first-order valence-electron chi connectivity index (χ1n) is 8.32. The summed E-state index contributed by atoms with van der Waals surface area (Å²) in [6, 6.07) is 0. The van der Waals surface area contributed by atoms with Crippen molar-refractivity contribution in [1.29, 1.82) is 0 Å². The van der Waals surface area contributed by atoms with E-state index in [-0.39, 0.29) is 5.91 Å². The van der Waals surface area contributed by atoms with E-state index in [9.17, 15) is 4.79 Å². The molecule has 0 bridgehead atoms. The van der Waals surface area contributed by atoms with Crippen LogP contribution in [-0.2, 0) is 9.53 Å². The molecule has 0 unspecified atom stereocenters. The second-order valence-electron chi connectivity index (χ2n) is 5.48. The molecule has 0 saturated heterocycles. The van der Waals surface area contributed by atoms with Crippen LogP contribution >= 0.6 is 11.8 Å². The van der Waals surface area contributed by atoms with Crippen molar-refractivity contribution in [2.24, 2.45) is 5.10 Å². The number of carbonyl (C=O) groups is 1. The fourth-order valence-electron chi connectivity index (χ4n) is 2.17. The number of allylic oxidation sites excluding steroid dienone is 2. The molecule has 0 spiro atoms. The van der Waals surface area contributed by atoms with Crippen molar-refractivity contribution < 1.29 is 9.53 Å². The van der Waals surface area contributed by atoms with Crippen molar-refractivity contribution >= 4 is 22.7 Å². The van der Waals surface area contributed by atoms with Crippen LogP contribution in [0.15, 0.2) is 64.6 Å². The normalized spacial score (nSPS) is 17.9. The highest BCUT2D eigenvalue weighted by Gasteiger charge is 2.07. The highest BCUT2D eigenvalue weighted by molar-refractivity contribution is 8.16. The molecule has 1 aliphatic heterocycles. The van der Waals surface area contributed by atoms with E-state index in [1.54, 1.807) is 19.4 Å². The quantitative estimate of drug-likeness (QED) is 0.503. The van der Waals surface area contributed by atoms with E-state index in [2.05, 4.69) is 22.3 Å². The van der Waals surface area contributed by atoms with Crippen LogP contribution in [0.5, 0.6) is 0 Å². The van der Waals surface area contributed by atoms with Crippen molar-refractivity contribution in [3.05, 3.63) is 59.5 Å². The molecule has 1 amide bonds. The summed E-state index contributed by atoms with van der Waals surface area (Å²) in [5, 5.41) is 14.8. The van der Waals surface area contributed by atoms with Gasteiger partial charge in [0.05, 0.1) is 24.4 Å². The minimum atomic E-state index is -0.157. The summed E-state index contributed by atoms with van der Waals surface area (Å²) in [5.41, 5.74) is 1.54. The molecule has 7 heteroatoms. The van der Waals surface area contributed by atoms with Crippen LogP contribution < -0.4 is 10.6 Å². The number of amides is 1. The number of hydrogen-bond donors (Lipinski definition) is 2. The van der Waals surface area contributed by atoms with Crippen molar-refractivity contribution in [3.8, 4) is 0 Å². The predicted molar refractivity (Wildman–Crippen MR) is 110 cm³/mol. The average molecular weight is 377 g/mol. The molecule has 0 radical (unpaired) electrons. The molecule has 1 aliphatic rings. The minimum absolute atomic E-state index is 0.157. The Morgan fingerprint density at radius 3 is 2.92 bits per heavy atom. The van der Waals surface area contributed by atoms with Gasteiger partial charge >= 0.3 is 0 Å². The van der Waals surface area contributed by atoms with Gasteiger partial charge in [-0.25, -0.2) is 0 Å². The molecule has 1 heterocycles. The third-order valence-corrected chi connectivity index (χ3v) is 4.26. The number of ether oxygens (including phenoxy) is 1. The van der Waals surface area contributed by atoms with E-state index in [1.807, 2.05) is 49.7 Å². The molecular weight excluding hydrogens is 348 g/mol. The highest BCUT2D eigenvalue weighted by atomic mass is 32.2. The van der Waals surface area contributed by atoms with Gasteiger partial charge in [-0.1, -0.05) is 36.1 Å². The number of hydrazone groups is 1. The van der Waals surface area contributed by atoms with Crippen molar-refractivity contribution in [2.45, 2.75) is 19.8 Å². The van der Waals surface area contributed by atoms with Crippen LogP contribution in [0.3, 0.4) is 0 Å². The largest absolute Gasteiger partial charge is 0.499 e. The first-order valence-corrected chi connectivity index (χ1v) is 9.20. The molecule has 26 heavy (non-hydrogen) atoms. The van der Waals surface area contributed by atoms with Gasteiger partial charge in [0.2, 0.25) is 0 Å². The maximum absolute atomic E-state index is 12.4. The van der Waals surface area contributed by atoms with E-state index in [1.165, 1.54) is 11.8 Å². The molecule has 0 aromatic rings. The summed E-state index contributed by atoms with van der Waals surface area (Å²) >= 11 is 1.43. The third-order valence-electron chi connectivity index (χ3n) is 3.47. The van der Waals surface area contributed by atoms with Crippen LogP contribution in [0, 0.1) is 0 Å². The zero-order valence-corrected chi connectivity index (χ0v) is 16.7. The van der Waals surface area contributed by atoms with Gasteiger partial charge in [0.1, 0.15) is 5.76 Å². The smallest absolute Gasteiger partial charge is 0.255 e. The van der Waals surface area contributed by atoms with E-state index < -0.39 is 0 Å². The molecule has 0 atom stereocenters. The number of rotatable bonds is 8. The second-order valence-corrected chi connectivity index (χ2v) is 6.54. The standard InChI is InChI=1S/C19H28N4O2S/c1-6-9-18(25-5)17(20-3)11-7-12-21-19(24)16-10-8-13-23(4)22-15(2)26-14-16/h6-8,10,12,14,20H,1,9,11,13H2,2-5H3,(H,21,24)/b10-8?,12-7+,16-14?,18-17-,22-15-. The van der Waals surface area contributed by atoms with Crippen LogP contribution in [0.1, 0.15) is 19.8 Å². The molecule has 0 aromatic heterocycles. The maximum Gasteiger partial charge on any atom is 0.255 e. The topological polar surface area (TPSA) is 66.0 Å². The Labute approximate surface area is 160 Å². The molecule has 0 saturated carbocycles. The predicted octanol–water partition coefficient (Wildman–Crippen LogP) is 3.11. The van der Waals surface area contributed by atoms with Crippen molar-refractivity contribution in [2.75, 3.05) is 27.7 Å². The summed E-state index contributed by atoms with van der Waals surface area (Å²) in [4.78, 5) is 12.4. The number of carbonyl (C=O) groups excluding carboxylic acids is 1. The average Bonchev–Trinajstić information content (AvgIpc) is 2.70. The van der Waals surface area contributed by atoms with Gasteiger partial charge in [0.15, 0.2) is 0 Å². The second kappa shape index (κ2) is 12.0. The summed E-state index contributed by atoms with van der Waals surface area (Å²) < 4.78 is 5.36. The molecule has 2 N–H and O–H groups in total. The summed E-state index contributed by atoms with van der Waals surface area (Å²) in [5.74, 6) is 0.672. The van der Waals surface area contributed by atoms with Crippen molar-refractivity contribution in [3.63, 3.8) is 0 Å². The Morgan fingerprint density at radius 1 is 1.50 bits per heavy atom. The molecular formula is C19H28N4O2S. The van der Waals surface area contributed by atoms with E-state index >= 15 is 0 Å². The summed E-state index contributed by atoms with van der Waals surface area (Å²) in [6.45, 7) is 6.29. The lowest BCUT2D eigenvalue weighted by Crippen LogP contribution is -2.18. The maximum atomic E-state index is 12.4. The van der Waals surface area contributed by atoms with Gasteiger partial charge in [-0.3, -0.25) is 9.80 Å². The lowest BCUT2D eigenvalue weighted by Gasteiger charge is -2.11. The monoisotopic (exact) mass is 376 g/mol. The molecule has 0 aromatic carbocycles. The van der Waals surface area contributed by atoms with Crippen LogP contribution in [0.2, 0.25) is 0 Å². The molecule has 0 fully saturated rings. The Kier molecular flexibility index (Phi) is 10.0. The van der Waals surface area contributed by atoms with E-state index in [0.29, 0.717) is 25.0 Å². The van der Waals surface area contributed by atoms with Gasteiger partial charge < -0.3 is 15.4 Å². The zero-order valence-electron chi connectivity index (χ0n) is 15.9. The van der Waals surface area contributed by atoms with Gasteiger partial charge in [0, 0.05) is 38.7 Å². The Morgan fingerprint density at radius 2 is 2.27 bits per heavy atom. The number of likely N-dealkylation sites (N-methyl/N-ethyl adjacent to an activating group) is 1. The first kappa shape index (κ1) is 21.6. The number of nitrogens with zero attached hydrogens (tertiary/aromatic N) is 2. The Bertz CT molecular complexity index is 648. The first-order chi connectivity index (χ1) is 12.5. The van der Waals surface area contributed by atoms with Crippen molar-refractivity contribution in [1.82, 2.24) is 15.6 Å². The van der Waals surface area contributed by atoms with E-state index in [0.717, 1.165) is 16.5 Å². The highest BCUT2D eigenvalue weighted by Crippen LogP contribution is 2.14. The molecule has 1 rings (SSSR count). The number of methoxy groups -OCH3 is 1. The van der Waals surface area contributed by atoms with E-state index in [4.69, 9.17) is 4.74 Å². The third kappa shape index (κ3) is 7.65. The van der Waals surface area contributed by atoms with Gasteiger partial charge in [0.25, 0.3) is 5.91 Å². The fraction of sp³-hybridized carbons (Fsp3) is 0.368. The molecule has 6 nitrogen and oxygen atoms in total. The minimum Gasteiger partial charge on any atom is -0.499 e. The number of hydrogen-bond acceptors (Lipinski definition) is 6. The summed E-state index contributed by atoms with van der Waals surface area (Å²) in [7, 11) is 5.38. The number of thioether (sulfide) groups is 1. The molecule has 0 aliphatic carbocycles. The lowest BCUT2D eigenvalue weighted by molar-refractivity contribution is -0.116. The Balaban J connectivity index is 2.69. The lowest BCUT2D eigenvalue weighted by atomic mass is 10.2. The zero-order chi connectivity index (χ0) is 19.4. The SMILES string of the molecule is C=CC/C(OC)=C(\C/C=C/NC(=O)C1=CS/C(C)=N\N(C)CC=C1)NC. The van der Waals surface area contributed by atoms with Crippen LogP contribution in [0.25, 0.3) is 0 Å². The number of nitrogens with one attached hydrogen (secondary N) is 2.